The van der Waals surface area contributed by atoms with Gasteiger partial charge in [-0.25, -0.2) is 0 Å². The molecule has 0 bridgehead atoms. The van der Waals surface area contributed by atoms with Crippen molar-refractivity contribution >= 4 is 34.8 Å². The van der Waals surface area contributed by atoms with Crippen LogP contribution in [0.1, 0.15) is 20.3 Å². The van der Waals surface area contributed by atoms with Crippen molar-refractivity contribution in [2.75, 3.05) is 10.6 Å². The molecule has 5 nitrogen and oxygen atoms in total. The van der Waals surface area contributed by atoms with Crippen LogP contribution in [0.25, 0.3) is 0 Å². The van der Waals surface area contributed by atoms with E-state index in [0.29, 0.717) is 28.6 Å². The Morgan fingerprint density at radius 2 is 1.75 bits per heavy atom. The molecule has 0 saturated carbocycles. The van der Waals surface area contributed by atoms with E-state index in [1.165, 1.54) is 6.92 Å². The van der Waals surface area contributed by atoms with Crippen molar-refractivity contribution in [1.82, 2.24) is 0 Å². The molecule has 2 N–H and O–H groups in total. The van der Waals surface area contributed by atoms with Gasteiger partial charge in [-0.15, -0.1) is 0 Å². The van der Waals surface area contributed by atoms with Gasteiger partial charge in [-0.1, -0.05) is 36.7 Å². The van der Waals surface area contributed by atoms with Crippen LogP contribution in [0, 0.1) is 0 Å². The van der Waals surface area contributed by atoms with Crippen LogP contribution in [-0.2, 0) is 9.59 Å². The maximum absolute atomic E-state index is 12.4. The van der Waals surface area contributed by atoms with Crippen molar-refractivity contribution in [3.8, 4) is 5.75 Å². The quantitative estimate of drug-likeness (QED) is 0.827. The van der Waals surface area contributed by atoms with E-state index in [1.807, 2.05) is 6.92 Å². The Hall–Kier alpha value is -2.53. The second-order valence-corrected chi connectivity index (χ2v) is 5.60. The van der Waals surface area contributed by atoms with Crippen molar-refractivity contribution < 1.29 is 14.3 Å². The van der Waals surface area contributed by atoms with Gasteiger partial charge in [0.25, 0.3) is 5.91 Å². The second-order valence-electron chi connectivity index (χ2n) is 5.20. The predicted octanol–water partition coefficient (Wildman–Crippen LogP) is 4.09. The van der Waals surface area contributed by atoms with E-state index in [-0.39, 0.29) is 11.8 Å². The van der Waals surface area contributed by atoms with Crippen LogP contribution in [-0.4, -0.2) is 17.9 Å². The van der Waals surface area contributed by atoms with Crippen molar-refractivity contribution in [2.45, 2.75) is 26.4 Å². The summed E-state index contributed by atoms with van der Waals surface area (Å²) in [6.07, 6.45) is -0.183. The number of ether oxygens (including phenoxy) is 1. The van der Waals surface area contributed by atoms with E-state index in [4.69, 9.17) is 16.3 Å². The molecule has 6 heteroatoms. The van der Waals surface area contributed by atoms with E-state index < -0.39 is 6.10 Å². The van der Waals surface area contributed by atoms with E-state index >= 15 is 0 Å². The van der Waals surface area contributed by atoms with Gasteiger partial charge in [-0.3, -0.25) is 9.59 Å². The Morgan fingerprint density at radius 1 is 1.08 bits per heavy atom. The molecule has 2 aromatic carbocycles. The van der Waals surface area contributed by atoms with Crippen molar-refractivity contribution in [3.63, 3.8) is 0 Å². The standard InChI is InChI=1S/C18H19ClN2O3/c1-3-16(24-17-10-5-4-9-15(17)19)18(23)21-14-8-6-7-13(11-14)20-12(2)22/h4-11,16H,3H2,1-2H3,(H,20,22)(H,21,23)/t16-/m0/s1. The van der Waals surface area contributed by atoms with E-state index in [0.717, 1.165) is 0 Å². The lowest BCUT2D eigenvalue weighted by Crippen LogP contribution is -2.32. The molecular formula is C18H19ClN2O3. The fourth-order valence-corrected chi connectivity index (χ4v) is 2.30. The van der Waals surface area contributed by atoms with Gasteiger partial charge in [0.05, 0.1) is 5.02 Å². The second kappa shape index (κ2) is 8.36. The van der Waals surface area contributed by atoms with Crippen LogP contribution in [0.2, 0.25) is 5.02 Å². The van der Waals surface area contributed by atoms with Crippen LogP contribution in [0.5, 0.6) is 5.75 Å². The summed E-state index contributed by atoms with van der Waals surface area (Å²) >= 11 is 6.06. The average molecular weight is 347 g/mol. The van der Waals surface area contributed by atoms with E-state index in [2.05, 4.69) is 10.6 Å². The fourth-order valence-electron chi connectivity index (χ4n) is 2.12. The number of nitrogens with one attached hydrogen (secondary N) is 2. The number of carbonyl (C=O) groups excluding carboxylic acids is 2. The van der Waals surface area contributed by atoms with Crippen LogP contribution in [0.4, 0.5) is 11.4 Å². The normalized spacial score (nSPS) is 11.5. The fraction of sp³-hybridized carbons (Fsp3) is 0.222. The summed E-state index contributed by atoms with van der Waals surface area (Å²) in [6, 6.07) is 13.9. The van der Waals surface area contributed by atoms with Crippen molar-refractivity contribution in [2.24, 2.45) is 0 Å². The predicted molar refractivity (Wildman–Crippen MR) is 95.5 cm³/mol. The molecule has 0 saturated heterocycles. The van der Waals surface area contributed by atoms with Crippen molar-refractivity contribution in [3.05, 3.63) is 53.6 Å². The summed E-state index contributed by atoms with van der Waals surface area (Å²) in [5, 5.41) is 5.91. The lowest BCUT2D eigenvalue weighted by molar-refractivity contribution is -0.122. The molecule has 2 aromatic rings. The zero-order valence-electron chi connectivity index (χ0n) is 13.5. The number of rotatable bonds is 6. The topological polar surface area (TPSA) is 67.4 Å². The summed E-state index contributed by atoms with van der Waals surface area (Å²) in [5.41, 5.74) is 1.19. The Kier molecular flexibility index (Phi) is 6.21. The number of amides is 2. The van der Waals surface area contributed by atoms with Gasteiger partial charge in [0, 0.05) is 18.3 Å². The Labute approximate surface area is 146 Å². The smallest absolute Gasteiger partial charge is 0.265 e. The van der Waals surface area contributed by atoms with Crippen LogP contribution < -0.4 is 15.4 Å². The zero-order valence-corrected chi connectivity index (χ0v) is 14.3. The lowest BCUT2D eigenvalue weighted by atomic mass is 10.2. The Morgan fingerprint density at radius 3 is 2.38 bits per heavy atom. The minimum atomic E-state index is -0.672. The average Bonchev–Trinajstić information content (AvgIpc) is 2.53. The SMILES string of the molecule is CC[C@H](Oc1ccccc1Cl)C(=O)Nc1cccc(NC(C)=O)c1. The van der Waals surface area contributed by atoms with Gasteiger partial charge >= 0.3 is 0 Å². The van der Waals surface area contributed by atoms with Crippen molar-refractivity contribution in [1.29, 1.82) is 0 Å². The molecule has 2 rings (SSSR count). The Balaban J connectivity index is 2.07. The highest BCUT2D eigenvalue weighted by molar-refractivity contribution is 6.32. The van der Waals surface area contributed by atoms with Gasteiger partial charge in [0.15, 0.2) is 6.10 Å². The molecule has 0 spiro atoms. The van der Waals surface area contributed by atoms with Gasteiger partial charge in [0.1, 0.15) is 5.75 Å². The van der Waals surface area contributed by atoms with Gasteiger partial charge in [-0.05, 0) is 36.8 Å². The number of anilines is 2. The minimum Gasteiger partial charge on any atom is -0.479 e. The highest BCUT2D eigenvalue weighted by Gasteiger charge is 2.19. The molecule has 0 unspecified atom stereocenters. The first kappa shape index (κ1) is 17.8. The van der Waals surface area contributed by atoms with E-state index in [1.54, 1.807) is 48.5 Å². The van der Waals surface area contributed by atoms with Gasteiger partial charge < -0.3 is 15.4 Å². The maximum Gasteiger partial charge on any atom is 0.265 e. The molecule has 0 radical (unpaired) electrons. The van der Waals surface area contributed by atoms with Crippen LogP contribution >= 0.6 is 11.6 Å². The monoisotopic (exact) mass is 346 g/mol. The number of benzene rings is 2. The van der Waals surface area contributed by atoms with Crippen LogP contribution in [0.15, 0.2) is 48.5 Å². The molecular weight excluding hydrogens is 328 g/mol. The number of hydrogen-bond donors (Lipinski definition) is 2. The third kappa shape index (κ3) is 4.99. The van der Waals surface area contributed by atoms with Gasteiger partial charge in [0.2, 0.25) is 5.91 Å². The number of carbonyl (C=O) groups is 2. The first-order valence-corrected chi connectivity index (χ1v) is 7.97. The molecule has 0 fully saturated rings. The third-order valence-corrected chi connectivity index (χ3v) is 3.53. The summed E-state index contributed by atoms with van der Waals surface area (Å²) in [4.78, 5) is 23.5. The molecule has 0 aliphatic carbocycles. The molecule has 0 heterocycles. The van der Waals surface area contributed by atoms with E-state index in [9.17, 15) is 9.59 Å². The molecule has 24 heavy (non-hydrogen) atoms. The first-order valence-electron chi connectivity index (χ1n) is 7.59. The molecule has 2 amide bonds. The summed E-state index contributed by atoms with van der Waals surface area (Å²) in [5.74, 6) is 0.0116. The molecule has 0 aliphatic rings. The Bertz CT molecular complexity index is 734. The number of hydrogen-bond acceptors (Lipinski definition) is 3. The molecule has 0 aromatic heterocycles. The third-order valence-electron chi connectivity index (χ3n) is 3.22. The zero-order chi connectivity index (χ0) is 17.5. The molecule has 126 valence electrons. The first-order chi connectivity index (χ1) is 11.5. The summed E-state index contributed by atoms with van der Waals surface area (Å²) < 4.78 is 5.71. The number of halogens is 1. The maximum atomic E-state index is 12.4. The summed E-state index contributed by atoms with van der Waals surface area (Å²) in [6.45, 7) is 3.28. The lowest BCUT2D eigenvalue weighted by Gasteiger charge is -2.18. The largest absolute Gasteiger partial charge is 0.479 e. The highest BCUT2D eigenvalue weighted by Crippen LogP contribution is 2.25. The van der Waals surface area contributed by atoms with Gasteiger partial charge in [-0.2, -0.15) is 0 Å². The molecule has 1 atom stereocenters. The van der Waals surface area contributed by atoms with Crippen LogP contribution in [0.3, 0.4) is 0 Å². The highest BCUT2D eigenvalue weighted by atomic mass is 35.5. The summed E-state index contributed by atoms with van der Waals surface area (Å²) in [7, 11) is 0. The number of para-hydroxylation sites is 1. The molecule has 0 aliphatic heterocycles. The minimum absolute atomic E-state index is 0.174.